The van der Waals surface area contributed by atoms with Crippen molar-refractivity contribution < 1.29 is 14.0 Å². The van der Waals surface area contributed by atoms with Gasteiger partial charge in [0.15, 0.2) is 5.13 Å². The van der Waals surface area contributed by atoms with Crippen molar-refractivity contribution in [2.75, 3.05) is 10.6 Å². The first-order valence-electron chi connectivity index (χ1n) is 9.60. The maximum atomic E-state index is 12.6. The maximum Gasteiger partial charge on any atom is 0.260 e. The van der Waals surface area contributed by atoms with E-state index >= 15 is 0 Å². The number of benzene rings is 1. The number of aryl methyl sites for hydroxylation is 2. The molecule has 8 nitrogen and oxygen atoms in total. The number of para-hydroxylation sites is 2. The van der Waals surface area contributed by atoms with E-state index in [9.17, 15) is 9.59 Å². The molecule has 0 unspecified atom stereocenters. The van der Waals surface area contributed by atoms with E-state index in [1.54, 1.807) is 18.4 Å². The monoisotopic (exact) mass is 423 g/mol. The molecule has 0 aliphatic carbocycles. The Morgan fingerprint density at radius 2 is 2.00 bits per heavy atom. The Morgan fingerprint density at radius 1 is 1.17 bits per heavy atom. The third-order valence-electron chi connectivity index (χ3n) is 4.57. The lowest BCUT2D eigenvalue weighted by atomic mass is 10.2. The summed E-state index contributed by atoms with van der Waals surface area (Å²) in [6, 6.07) is 9.40. The topological polar surface area (TPSA) is 102 Å². The van der Waals surface area contributed by atoms with Crippen molar-refractivity contribution in [1.82, 2.24) is 14.5 Å². The molecule has 154 valence electrons. The first-order chi connectivity index (χ1) is 14.5. The smallest absolute Gasteiger partial charge is 0.260 e. The summed E-state index contributed by atoms with van der Waals surface area (Å²) in [6.45, 7) is 4.56. The van der Waals surface area contributed by atoms with Gasteiger partial charge in [0.1, 0.15) is 5.76 Å². The summed E-state index contributed by atoms with van der Waals surface area (Å²) >= 11 is 1.27. The van der Waals surface area contributed by atoms with E-state index in [-0.39, 0.29) is 18.2 Å². The average molecular weight is 423 g/mol. The number of thiazole rings is 1. The lowest BCUT2D eigenvalue weighted by Gasteiger charge is -2.08. The number of fused-ring (bicyclic) bond motifs is 1. The van der Waals surface area contributed by atoms with Crippen molar-refractivity contribution in [3.05, 3.63) is 59.0 Å². The van der Waals surface area contributed by atoms with Crippen LogP contribution in [0.25, 0.3) is 11.0 Å². The number of hydrogen-bond acceptors (Lipinski definition) is 6. The molecule has 3 aromatic heterocycles. The van der Waals surface area contributed by atoms with Crippen LogP contribution in [0.4, 0.5) is 11.1 Å². The Bertz CT molecular complexity index is 1210. The Morgan fingerprint density at radius 3 is 2.77 bits per heavy atom. The number of rotatable bonds is 7. The van der Waals surface area contributed by atoms with E-state index in [0.29, 0.717) is 28.1 Å². The van der Waals surface area contributed by atoms with Gasteiger partial charge in [-0.2, -0.15) is 0 Å². The quantitative estimate of drug-likeness (QED) is 0.463. The SMILES string of the molecule is CCCn1c(NC(=O)Cc2csc(NC(=O)c3ccoc3C)n2)nc2ccccc21. The Hall–Kier alpha value is -3.46. The fourth-order valence-corrected chi connectivity index (χ4v) is 3.89. The second kappa shape index (κ2) is 8.50. The van der Waals surface area contributed by atoms with Gasteiger partial charge in [-0.3, -0.25) is 20.2 Å². The highest BCUT2D eigenvalue weighted by molar-refractivity contribution is 7.14. The van der Waals surface area contributed by atoms with Crippen molar-refractivity contribution in [2.24, 2.45) is 0 Å². The lowest BCUT2D eigenvalue weighted by Crippen LogP contribution is -2.18. The van der Waals surface area contributed by atoms with Crippen LogP contribution in [0.5, 0.6) is 0 Å². The first-order valence-corrected chi connectivity index (χ1v) is 10.5. The maximum absolute atomic E-state index is 12.6. The molecule has 0 aliphatic rings. The molecule has 0 spiro atoms. The van der Waals surface area contributed by atoms with E-state index in [1.165, 1.54) is 17.6 Å². The fraction of sp³-hybridized carbons (Fsp3) is 0.238. The molecule has 3 heterocycles. The van der Waals surface area contributed by atoms with E-state index in [4.69, 9.17) is 4.42 Å². The van der Waals surface area contributed by atoms with Gasteiger partial charge < -0.3 is 8.98 Å². The molecule has 0 radical (unpaired) electrons. The Balaban J connectivity index is 1.43. The van der Waals surface area contributed by atoms with Gasteiger partial charge in [-0.1, -0.05) is 19.1 Å². The lowest BCUT2D eigenvalue weighted by molar-refractivity contribution is -0.115. The van der Waals surface area contributed by atoms with Crippen LogP contribution in [-0.2, 0) is 17.8 Å². The second-order valence-corrected chi connectivity index (χ2v) is 7.65. The minimum absolute atomic E-state index is 0.0897. The molecule has 1 aromatic carbocycles. The van der Waals surface area contributed by atoms with Crippen LogP contribution in [0.1, 0.15) is 35.2 Å². The van der Waals surface area contributed by atoms with Gasteiger partial charge in [0.05, 0.1) is 35.0 Å². The summed E-state index contributed by atoms with van der Waals surface area (Å²) in [5.74, 6) is 0.567. The highest BCUT2D eigenvalue weighted by Crippen LogP contribution is 2.21. The van der Waals surface area contributed by atoms with Gasteiger partial charge in [-0.05, 0) is 31.5 Å². The third-order valence-corrected chi connectivity index (χ3v) is 5.38. The summed E-state index contributed by atoms with van der Waals surface area (Å²) < 4.78 is 7.15. The molecular weight excluding hydrogens is 402 g/mol. The molecule has 0 atom stereocenters. The zero-order chi connectivity index (χ0) is 21.1. The predicted octanol–water partition coefficient (Wildman–Crippen LogP) is 4.24. The van der Waals surface area contributed by atoms with Crippen LogP contribution in [-0.4, -0.2) is 26.3 Å². The molecular formula is C21H21N5O3S. The normalized spacial score (nSPS) is 11.0. The zero-order valence-electron chi connectivity index (χ0n) is 16.6. The summed E-state index contributed by atoms with van der Waals surface area (Å²) in [7, 11) is 0. The summed E-state index contributed by atoms with van der Waals surface area (Å²) in [5, 5.41) is 7.81. The number of carbonyl (C=O) groups is 2. The molecule has 0 saturated heterocycles. The van der Waals surface area contributed by atoms with Crippen LogP contribution in [0, 0.1) is 6.92 Å². The minimum Gasteiger partial charge on any atom is -0.469 e. The second-order valence-electron chi connectivity index (χ2n) is 6.79. The van der Waals surface area contributed by atoms with E-state index < -0.39 is 0 Å². The fourth-order valence-electron chi connectivity index (χ4n) is 3.18. The van der Waals surface area contributed by atoms with Crippen molar-refractivity contribution >= 4 is 45.3 Å². The van der Waals surface area contributed by atoms with Gasteiger partial charge in [0, 0.05) is 11.9 Å². The Kier molecular flexibility index (Phi) is 5.62. The van der Waals surface area contributed by atoms with E-state index in [2.05, 4.69) is 27.5 Å². The van der Waals surface area contributed by atoms with Crippen LogP contribution in [0.15, 0.2) is 46.4 Å². The first kappa shape index (κ1) is 19.8. The number of imidazole rings is 1. The van der Waals surface area contributed by atoms with Crippen molar-refractivity contribution in [1.29, 1.82) is 0 Å². The standard InChI is InChI=1S/C21H21N5O3S/c1-3-9-26-17-7-5-4-6-16(17)23-20(26)24-18(27)11-14-12-30-21(22-14)25-19(28)15-8-10-29-13(15)2/h4-8,10,12H,3,9,11H2,1-2H3,(H,22,25,28)(H,23,24,27). The molecule has 4 rings (SSSR count). The summed E-state index contributed by atoms with van der Waals surface area (Å²) in [5.41, 5.74) is 2.87. The Labute approximate surface area is 176 Å². The molecule has 2 N–H and O–H groups in total. The molecule has 9 heteroatoms. The molecule has 30 heavy (non-hydrogen) atoms. The number of anilines is 2. The zero-order valence-corrected chi connectivity index (χ0v) is 17.5. The summed E-state index contributed by atoms with van der Waals surface area (Å²) in [6.07, 6.45) is 2.48. The number of furan rings is 1. The van der Waals surface area contributed by atoms with Crippen molar-refractivity contribution in [3.8, 4) is 0 Å². The van der Waals surface area contributed by atoms with Crippen LogP contribution in [0.3, 0.4) is 0 Å². The van der Waals surface area contributed by atoms with Gasteiger partial charge in [0.25, 0.3) is 5.91 Å². The number of amides is 2. The predicted molar refractivity (Wildman–Crippen MR) is 116 cm³/mol. The van der Waals surface area contributed by atoms with E-state index in [0.717, 1.165) is 24.0 Å². The van der Waals surface area contributed by atoms with Gasteiger partial charge >= 0.3 is 0 Å². The highest BCUT2D eigenvalue weighted by Gasteiger charge is 2.16. The summed E-state index contributed by atoms with van der Waals surface area (Å²) in [4.78, 5) is 33.7. The highest BCUT2D eigenvalue weighted by atomic mass is 32.1. The average Bonchev–Trinajstić information content (AvgIpc) is 3.42. The van der Waals surface area contributed by atoms with Crippen molar-refractivity contribution in [2.45, 2.75) is 33.2 Å². The number of nitrogens with zero attached hydrogens (tertiary/aromatic N) is 3. The van der Waals surface area contributed by atoms with Crippen LogP contribution < -0.4 is 10.6 Å². The number of aromatic nitrogens is 3. The van der Waals surface area contributed by atoms with E-state index in [1.807, 2.05) is 28.8 Å². The molecule has 2 amide bonds. The molecule has 0 saturated carbocycles. The molecule has 0 aliphatic heterocycles. The third kappa shape index (κ3) is 4.11. The molecule has 0 bridgehead atoms. The number of hydrogen-bond donors (Lipinski definition) is 2. The van der Waals surface area contributed by atoms with Crippen LogP contribution >= 0.6 is 11.3 Å². The van der Waals surface area contributed by atoms with Gasteiger partial charge in [0.2, 0.25) is 11.9 Å². The molecule has 0 fully saturated rings. The largest absolute Gasteiger partial charge is 0.469 e. The van der Waals surface area contributed by atoms with Crippen molar-refractivity contribution in [3.63, 3.8) is 0 Å². The number of nitrogens with one attached hydrogen (secondary N) is 2. The number of carbonyl (C=O) groups excluding carboxylic acids is 2. The van der Waals surface area contributed by atoms with Gasteiger partial charge in [-0.15, -0.1) is 11.3 Å². The van der Waals surface area contributed by atoms with Crippen LogP contribution in [0.2, 0.25) is 0 Å². The minimum atomic E-state index is -0.292. The van der Waals surface area contributed by atoms with Gasteiger partial charge in [-0.25, -0.2) is 9.97 Å². The molecule has 4 aromatic rings.